The van der Waals surface area contributed by atoms with Crippen molar-refractivity contribution in [3.05, 3.63) is 0 Å². The quantitative estimate of drug-likeness (QED) is 0.462. The number of unbranched alkanes of at least 4 members (excludes halogenated alkanes) is 4. The van der Waals surface area contributed by atoms with E-state index in [9.17, 15) is 0 Å². The second-order valence-corrected chi connectivity index (χ2v) is 5.25. The van der Waals surface area contributed by atoms with Crippen molar-refractivity contribution >= 4 is 15.9 Å². The Morgan fingerprint density at radius 2 is 1.71 bits per heavy atom. The molecule has 0 saturated carbocycles. The molecule has 0 saturated heterocycles. The Morgan fingerprint density at radius 3 is 2.36 bits per heavy atom. The Balaban J connectivity index is 2.92. The number of hydrogen-bond acceptors (Lipinski definition) is 1. The zero-order chi connectivity index (χ0) is 10.6. The van der Waals surface area contributed by atoms with Crippen LogP contribution in [0.1, 0.15) is 58.8 Å². The smallest absolute Gasteiger partial charge is 0.0155 e. The third-order valence-electron chi connectivity index (χ3n) is 2.53. The third kappa shape index (κ3) is 10.5. The molecule has 0 aromatic rings. The van der Waals surface area contributed by atoms with E-state index in [1.54, 1.807) is 0 Å². The van der Waals surface area contributed by atoms with Gasteiger partial charge in [-0.25, -0.2) is 0 Å². The molecule has 1 unspecified atom stereocenters. The molecule has 0 aliphatic carbocycles. The van der Waals surface area contributed by atoms with Crippen molar-refractivity contribution in [2.45, 2.75) is 63.6 Å². The lowest BCUT2D eigenvalue weighted by atomic mass is 10.1. The molecule has 0 bridgehead atoms. The highest BCUT2D eigenvalue weighted by atomic mass is 79.9. The summed E-state index contributed by atoms with van der Waals surface area (Å²) in [6, 6.07) is 0. The highest BCUT2D eigenvalue weighted by Gasteiger charge is 1.98. The molecule has 1 atom stereocenters. The van der Waals surface area contributed by atoms with Crippen LogP contribution in [-0.4, -0.2) is 17.9 Å². The van der Waals surface area contributed by atoms with Crippen LogP contribution >= 0.6 is 15.9 Å². The van der Waals surface area contributed by atoms with Crippen LogP contribution in [0.15, 0.2) is 0 Å². The van der Waals surface area contributed by atoms with E-state index in [-0.39, 0.29) is 0 Å². The minimum Gasteiger partial charge on any atom is -0.317 e. The standard InChI is InChI=1S/C12H26BrN/c1-3-5-6-7-8-10-14-11-9-12(13)4-2/h12,14H,3-11H2,1-2H3. The maximum atomic E-state index is 3.64. The number of rotatable bonds is 10. The van der Waals surface area contributed by atoms with Gasteiger partial charge in [0.15, 0.2) is 0 Å². The topological polar surface area (TPSA) is 12.0 Å². The van der Waals surface area contributed by atoms with Gasteiger partial charge in [-0.1, -0.05) is 55.5 Å². The molecule has 1 nitrogen and oxygen atoms in total. The number of nitrogens with one attached hydrogen (secondary N) is 1. The highest BCUT2D eigenvalue weighted by Crippen LogP contribution is 2.07. The first kappa shape index (κ1) is 14.4. The van der Waals surface area contributed by atoms with Gasteiger partial charge < -0.3 is 5.32 Å². The fraction of sp³-hybridized carbons (Fsp3) is 1.00. The summed E-state index contributed by atoms with van der Waals surface area (Å²) < 4.78 is 0. The first-order chi connectivity index (χ1) is 6.81. The van der Waals surface area contributed by atoms with E-state index in [0.29, 0.717) is 4.83 Å². The molecule has 0 amide bonds. The lowest BCUT2D eigenvalue weighted by Gasteiger charge is -2.07. The van der Waals surface area contributed by atoms with Gasteiger partial charge in [0.05, 0.1) is 0 Å². The van der Waals surface area contributed by atoms with E-state index >= 15 is 0 Å². The molecule has 0 rings (SSSR count). The monoisotopic (exact) mass is 263 g/mol. The van der Waals surface area contributed by atoms with E-state index in [4.69, 9.17) is 0 Å². The Morgan fingerprint density at radius 1 is 1.00 bits per heavy atom. The average molecular weight is 264 g/mol. The predicted molar refractivity (Wildman–Crippen MR) is 69.3 cm³/mol. The average Bonchev–Trinajstić information content (AvgIpc) is 2.21. The molecule has 14 heavy (non-hydrogen) atoms. The SMILES string of the molecule is CCCCCCCNCCC(Br)CC. The molecule has 1 N–H and O–H groups in total. The summed E-state index contributed by atoms with van der Waals surface area (Å²) >= 11 is 3.64. The van der Waals surface area contributed by atoms with Crippen LogP contribution in [0.25, 0.3) is 0 Å². The summed E-state index contributed by atoms with van der Waals surface area (Å²) in [5.41, 5.74) is 0. The van der Waals surface area contributed by atoms with Gasteiger partial charge in [-0.2, -0.15) is 0 Å². The van der Waals surface area contributed by atoms with Crippen molar-refractivity contribution in [1.29, 1.82) is 0 Å². The number of halogens is 1. The van der Waals surface area contributed by atoms with E-state index < -0.39 is 0 Å². The predicted octanol–water partition coefficient (Wildman–Crippen LogP) is 4.11. The fourth-order valence-electron chi connectivity index (χ4n) is 1.44. The second kappa shape index (κ2) is 11.5. The molecule has 0 spiro atoms. The molecule has 0 fully saturated rings. The number of alkyl halides is 1. The third-order valence-corrected chi connectivity index (χ3v) is 3.64. The van der Waals surface area contributed by atoms with Gasteiger partial charge in [-0.05, 0) is 32.4 Å². The Kier molecular flexibility index (Phi) is 11.9. The van der Waals surface area contributed by atoms with Gasteiger partial charge in [-0.3, -0.25) is 0 Å². The zero-order valence-corrected chi connectivity index (χ0v) is 11.4. The summed E-state index contributed by atoms with van der Waals surface area (Å²) in [5.74, 6) is 0. The number of hydrogen-bond donors (Lipinski definition) is 1. The molecule has 86 valence electrons. The summed E-state index contributed by atoms with van der Waals surface area (Å²) in [6.07, 6.45) is 9.39. The van der Waals surface area contributed by atoms with Crippen LogP contribution in [0, 0.1) is 0 Å². The van der Waals surface area contributed by atoms with Gasteiger partial charge in [-0.15, -0.1) is 0 Å². The van der Waals surface area contributed by atoms with Crippen molar-refractivity contribution in [3.63, 3.8) is 0 Å². The van der Waals surface area contributed by atoms with Crippen molar-refractivity contribution < 1.29 is 0 Å². The van der Waals surface area contributed by atoms with E-state index in [0.717, 1.165) is 6.54 Å². The van der Waals surface area contributed by atoms with Gasteiger partial charge in [0.2, 0.25) is 0 Å². The van der Waals surface area contributed by atoms with E-state index in [1.807, 2.05) is 0 Å². The summed E-state index contributed by atoms with van der Waals surface area (Å²) in [7, 11) is 0. The van der Waals surface area contributed by atoms with Crippen LogP contribution in [-0.2, 0) is 0 Å². The normalized spacial score (nSPS) is 13.1. The largest absolute Gasteiger partial charge is 0.317 e. The maximum absolute atomic E-state index is 3.64. The maximum Gasteiger partial charge on any atom is 0.0155 e. The Hall–Kier alpha value is 0.440. The van der Waals surface area contributed by atoms with Crippen molar-refractivity contribution in [2.75, 3.05) is 13.1 Å². The van der Waals surface area contributed by atoms with Crippen LogP contribution < -0.4 is 5.32 Å². The molecule has 0 heterocycles. The molecule has 0 aromatic carbocycles. The highest BCUT2D eigenvalue weighted by molar-refractivity contribution is 9.09. The molecule has 0 aliphatic heterocycles. The van der Waals surface area contributed by atoms with Crippen LogP contribution in [0.2, 0.25) is 0 Å². The van der Waals surface area contributed by atoms with Crippen molar-refractivity contribution in [1.82, 2.24) is 5.32 Å². The Labute approximate surface area is 98.2 Å². The second-order valence-electron chi connectivity index (χ2n) is 3.96. The first-order valence-corrected chi connectivity index (χ1v) is 7.07. The Bertz CT molecular complexity index is 106. The lowest BCUT2D eigenvalue weighted by Crippen LogP contribution is -2.19. The van der Waals surface area contributed by atoms with Crippen molar-refractivity contribution in [2.24, 2.45) is 0 Å². The van der Waals surface area contributed by atoms with Crippen LogP contribution in [0.4, 0.5) is 0 Å². The molecule has 0 aliphatic rings. The minimum absolute atomic E-state index is 0.704. The van der Waals surface area contributed by atoms with Gasteiger partial charge in [0.1, 0.15) is 0 Å². The van der Waals surface area contributed by atoms with Gasteiger partial charge in [0, 0.05) is 4.83 Å². The van der Waals surface area contributed by atoms with E-state index in [2.05, 4.69) is 35.1 Å². The lowest BCUT2D eigenvalue weighted by molar-refractivity contribution is 0.569. The summed E-state index contributed by atoms with van der Waals surface area (Å²) in [6.45, 7) is 6.86. The summed E-state index contributed by atoms with van der Waals surface area (Å²) in [4.78, 5) is 0.704. The molecular weight excluding hydrogens is 238 g/mol. The minimum atomic E-state index is 0.704. The summed E-state index contributed by atoms with van der Waals surface area (Å²) in [5, 5.41) is 3.50. The van der Waals surface area contributed by atoms with Crippen molar-refractivity contribution in [3.8, 4) is 0 Å². The zero-order valence-electron chi connectivity index (χ0n) is 9.82. The fourth-order valence-corrected chi connectivity index (χ4v) is 1.67. The molecule has 0 aromatic heterocycles. The van der Waals surface area contributed by atoms with Gasteiger partial charge >= 0.3 is 0 Å². The first-order valence-electron chi connectivity index (χ1n) is 6.16. The van der Waals surface area contributed by atoms with Crippen LogP contribution in [0.3, 0.4) is 0 Å². The molecule has 0 radical (unpaired) electrons. The van der Waals surface area contributed by atoms with Gasteiger partial charge in [0.25, 0.3) is 0 Å². The van der Waals surface area contributed by atoms with E-state index in [1.165, 1.54) is 51.5 Å². The molecule has 2 heteroatoms. The molecular formula is C12H26BrN. The van der Waals surface area contributed by atoms with Crippen LogP contribution in [0.5, 0.6) is 0 Å².